The molecule has 17 heavy (non-hydrogen) atoms. The first-order valence-electron chi connectivity index (χ1n) is 5.45. The van der Waals surface area contributed by atoms with Crippen molar-refractivity contribution < 1.29 is 4.79 Å². The van der Waals surface area contributed by atoms with Gasteiger partial charge in [-0.2, -0.15) is 5.10 Å². The van der Waals surface area contributed by atoms with Crippen LogP contribution in [0.2, 0.25) is 0 Å². The van der Waals surface area contributed by atoms with Gasteiger partial charge >= 0.3 is 0 Å². The topological polar surface area (TPSA) is 41.5 Å². The Morgan fingerprint density at radius 1 is 1.35 bits per heavy atom. The second kappa shape index (κ2) is 5.27. The number of carbonyl (C=O) groups is 1. The van der Waals surface area contributed by atoms with E-state index in [0.29, 0.717) is 6.42 Å². The van der Waals surface area contributed by atoms with Crippen molar-refractivity contribution in [3.8, 4) is 0 Å². The van der Waals surface area contributed by atoms with Gasteiger partial charge in [0.05, 0.1) is 5.71 Å². The van der Waals surface area contributed by atoms with Crippen molar-refractivity contribution in [1.82, 2.24) is 5.43 Å². The molecule has 0 aliphatic carbocycles. The zero-order chi connectivity index (χ0) is 12.3. The standard InChI is InChI=1S/C13H13BrN2O/c1-9-8-13(17)16-15-12(9)7-4-10-2-5-11(14)6-3-10/h2-7,9H,8H2,1H3,(H,16,17). The molecular formula is C13H13BrN2O. The molecule has 2 rings (SSSR count). The van der Waals surface area contributed by atoms with Crippen molar-refractivity contribution in [3.05, 3.63) is 40.4 Å². The number of carbonyl (C=O) groups excluding carboxylic acids is 1. The van der Waals surface area contributed by atoms with Crippen molar-refractivity contribution in [3.63, 3.8) is 0 Å². The number of nitrogens with zero attached hydrogens (tertiary/aromatic N) is 1. The summed E-state index contributed by atoms with van der Waals surface area (Å²) in [4.78, 5) is 11.1. The van der Waals surface area contributed by atoms with E-state index < -0.39 is 0 Å². The van der Waals surface area contributed by atoms with E-state index in [-0.39, 0.29) is 11.8 Å². The molecule has 0 saturated carbocycles. The number of hydrogen-bond acceptors (Lipinski definition) is 2. The molecule has 1 heterocycles. The van der Waals surface area contributed by atoms with Gasteiger partial charge in [0.15, 0.2) is 0 Å². The van der Waals surface area contributed by atoms with Gasteiger partial charge in [0.25, 0.3) is 0 Å². The van der Waals surface area contributed by atoms with Crippen molar-refractivity contribution >= 4 is 33.6 Å². The lowest BCUT2D eigenvalue weighted by molar-refractivity contribution is -0.121. The highest BCUT2D eigenvalue weighted by Crippen LogP contribution is 2.14. The molecule has 3 nitrogen and oxygen atoms in total. The van der Waals surface area contributed by atoms with Crippen molar-refractivity contribution in [1.29, 1.82) is 0 Å². The van der Waals surface area contributed by atoms with Crippen LogP contribution in [0.1, 0.15) is 18.9 Å². The Morgan fingerprint density at radius 2 is 2.06 bits per heavy atom. The molecule has 0 fully saturated rings. The predicted octanol–water partition coefficient (Wildman–Crippen LogP) is 2.97. The molecule has 0 saturated heterocycles. The molecular weight excluding hydrogens is 280 g/mol. The number of amides is 1. The smallest absolute Gasteiger partial charge is 0.240 e. The van der Waals surface area contributed by atoms with Crippen LogP contribution in [0.4, 0.5) is 0 Å². The molecule has 0 radical (unpaired) electrons. The SMILES string of the molecule is CC1CC(=O)NN=C1C=Cc1ccc(Br)cc1. The van der Waals surface area contributed by atoms with E-state index in [4.69, 9.17) is 0 Å². The summed E-state index contributed by atoms with van der Waals surface area (Å²) in [5.41, 5.74) is 4.52. The van der Waals surface area contributed by atoms with Crippen LogP contribution in [-0.2, 0) is 4.79 Å². The molecule has 1 aromatic carbocycles. The van der Waals surface area contributed by atoms with Crippen LogP contribution < -0.4 is 5.43 Å². The quantitative estimate of drug-likeness (QED) is 0.895. The molecule has 0 aromatic heterocycles. The number of rotatable bonds is 2. The van der Waals surface area contributed by atoms with E-state index in [9.17, 15) is 4.79 Å². The first kappa shape index (κ1) is 12.0. The first-order valence-corrected chi connectivity index (χ1v) is 6.24. The molecule has 1 atom stereocenters. The first-order chi connectivity index (χ1) is 8.15. The lowest BCUT2D eigenvalue weighted by Crippen LogP contribution is -2.30. The fourth-order valence-corrected chi connectivity index (χ4v) is 1.89. The van der Waals surface area contributed by atoms with Gasteiger partial charge in [0.1, 0.15) is 0 Å². The summed E-state index contributed by atoms with van der Waals surface area (Å²) >= 11 is 3.39. The summed E-state index contributed by atoms with van der Waals surface area (Å²) in [6.07, 6.45) is 4.45. The Bertz CT molecular complexity index is 477. The number of benzene rings is 1. The van der Waals surface area contributed by atoms with Crippen LogP contribution in [0.3, 0.4) is 0 Å². The Morgan fingerprint density at radius 3 is 2.71 bits per heavy atom. The Hall–Kier alpha value is -1.42. The van der Waals surface area contributed by atoms with Crippen LogP contribution in [0.25, 0.3) is 6.08 Å². The second-order valence-corrected chi connectivity index (χ2v) is 4.98. The summed E-state index contributed by atoms with van der Waals surface area (Å²) in [5.74, 6) is 0.161. The molecule has 88 valence electrons. The van der Waals surface area contributed by atoms with Crippen LogP contribution in [0.5, 0.6) is 0 Å². The minimum Gasteiger partial charge on any atom is -0.273 e. The highest BCUT2D eigenvalue weighted by atomic mass is 79.9. The summed E-state index contributed by atoms with van der Waals surface area (Å²) in [6, 6.07) is 8.03. The van der Waals surface area contributed by atoms with Gasteiger partial charge in [-0.25, -0.2) is 5.43 Å². The van der Waals surface area contributed by atoms with Crippen LogP contribution in [0.15, 0.2) is 39.9 Å². The van der Waals surface area contributed by atoms with Gasteiger partial charge in [0.2, 0.25) is 5.91 Å². The minimum atomic E-state index is -0.0155. The van der Waals surface area contributed by atoms with Gasteiger partial charge < -0.3 is 0 Å². The number of nitrogens with one attached hydrogen (secondary N) is 1. The van der Waals surface area contributed by atoms with E-state index in [1.807, 2.05) is 43.3 Å². The zero-order valence-corrected chi connectivity index (χ0v) is 11.1. The average Bonchev–Trinajstić information content (AvgIpc) is 2.30. The summed E-state index contributed by atoms with van der Waals surface area (Å²) in [7, 11) is 0. The molecule has 0 bridgehead atoms. The lowest BCUT2D eigenvalue weighted by Gasteiger charge is -2.15. The van der Waals surface area contributed by atoms with E-state index in [1.54, 1.807) is 0 Å². The molecule has 1 aromatic rings. The Balaban J connectivity index is 2.10. The van der Waals surface area contributed by atoms with Gasteiger partial charge in [-0.15, -0.1) is 0 Å². The summed E-state index contributed by atoms with van der Waals surface area (Å²) in [5, 5.41) is 4.05. The molecule has 1 aliphatic rings. The largest absolute Gasteiger partial charge is 0.273 e. The molecule has 4 heteroatoms. The van der Waals surface area contributed by atoms with Crippen LogP contribution in [-0.4, -0.2) is 11.6 Å². The van der Waals surface area contributed by atoms with Gasteiger partial charge in [0, 0.05) is 16.8 Å². The third kappa shape index (κ3) is 3.27. The number of hydrogen-bond donors (Lipinski definition) is 1. The monoisotopic (exact) mass is 292 g/mol. The van der Waals surface area contributed by atoms with Crippen molar-refractivity contribution in [2.45, 2.75) is 13.3 Å². The fourth-order valence-electron chi connectivity index (χ4n) is 1.62. The van der Waals surface area contributed by atoms with Gasteiger partial charge in [-0.05, 0) is 23.8 Å². The van der Waals surface area contributed by atoms with Gasteiger partial charge in [-0.3, -0.25) is 4.79 Å². The Kier molecular flexibility index (Phi) is 3.74. The molecule has 0 spiro atoms. The highest BCUT2D eigenvalue weighted by molar-refractivity contribution is 9.10. The van der Waals surface area contributed by atoms with Crippen LogP contribution >= 0.6 is 15.9 Å². The maximum Gasteiger partial charge on any atom is 0.240 e. The third-order valence-corrected chi connectivity index (χ3v) is 3.15. The van der Waals surface area contributed by atoms with Crippen LogP contribution in [0, 0.1) is 5.92 Å². The summed E-state index contributed by atoms with van der Waals surface area (Å²) < 4.78 is 1.06. The maximum atomic E-state index is 11.1. The highest BCUT2D eigenvalue weighted by Gasteiger charge is 2.17. The second-order valence-electron chi connectivity index (χ2n) is 4.06. The fraction of sp³-hybridized carbons (Fsp3) is 0.231. The average molecular weight is 293 g/mol. The third-order valence-electron chi connectivity index (χ3n) is 2.62. The van der Waals surface area contributed by atoms with E-state index in [1.165, 1.54) is 0 Å². The van der Waals surface area contributed by atoms with E-state index in [0.717, 1.165) is 15.7 Å². The van der Waals surface area contributed by atoms with E-state index in [2.05, 4.69) is 26.5 Å². The van der Waals surface area contributed by atoms with Gasteiger partial charge in [-0.1, -0.05) is 41.1 Å². The minimum absolute atomic E-state index is 0.0155. The van der Waals surface area contributed by atoms with Crippen molar-refractivity contribution in [2.24, 2.45) is 11.0 Å². The zero-order valence-electron chi connectivity index (χ0n) is 9.48. The predicted molar refractivity (Wildman–Crippen MR) is 72.5 cm³/mol. The number of allylic oxidation sites excluding steroid dienone is 1. The number of hydrazone groups is 1. The number of halogens is 1. The molecule has 1 N–H and O–H groups in total. The van der Waals surface area contributed by atoms with Crippen molar-refractivity contribution in [2.75, 3.05) is 0 Å². The lowest BCUT2D eigenvalue weighted by atomic mass is 9.99. The normalized spacial score (nSPS) is 20.2. The maximum absolute atomic E-state index is 11.1. The Labute approximate surface area is 109 Å². The molecule has 1 unspecified atom stereocenters. The molecule has 1 amide bonds. The van der Waals surface area contributed by atoms with E-state index >= 15 is 0 Å². The molecule has 1 aliphatic heterocycles. The summed E-state index contributed by atoms with van der Waals surface area (Å²) in [6.45, 7) is 2.00.